The van der Waals surface area contributed by atoms with E-state index >= 15 is 0 Å². The lowest BCUT2D eigenvalue weighted by Crippen LogP contribution is -2.39. The molecule has 4 nitrogen and oxygen atoms in total. The van der Waals surface area contributed by atoms with Gasteiger partial charge < -0.3 is 15.0 Å². The highest BCUT2D eigenvalue weighted by atomic mass is 16.5. The maximum absolute atomic E-state index is 11.7. The third kappa shape index (κ3) is 3.47. The first-order valence-electron chi connectivity index (χ1n) is 6.40. The van der Waals surface area contributed by atoms with Gasteiger partial charge in [0.2, 0.25) is 5.91 Å². The summed E-state index contributed by atoms with van der Waals surface area (Å²) in [4.78, 5) is 14.0. The van der Waals surface area contributed by atoms with Gasteiger partial charge >= 0.3 is 0 Å². The summed E-state index contributed by atoms with van der Waals surface area (Å²) in [5.74, 6) is 0.924. The molecule has 1 aromatic carbocycles. The molecule has 2 rings (SSSR count). The van der Waals surface area contributed by atoms with Crippen LogP contribution in [0.2, 0.25) is 0 Å². The fourth-order valence-electron chi connectivity index (χ4n) is 2.00. The lowest BCUT2D eigenvalue weighted by atomic mass is 10.2. The van der Waals surface area contributed by atoms with E-state index in [1.54, 1.807) is 7.11 Å². The number of likely N-dealkylation sites (tertiary alicyclic amines) is 1. The minimum atomic E-state index is 0.104. The number of hydrogen-bond donors (Lipinski definition) is 1. The zero-order chi connectivity index (χ0) is 12.8. The van der Waals surface area contributed by atoms with E-state index in [0.717, 1.165) is 30.9 Å². The molecule has 0 saturated carbocycles. The van der Waals surface area contributed by atoms with Crippen LogP contribution < -0.4 is 10.1 Å². The summed E-state index contributed by atoms with van der Waals surface area (Å²) < 4.78 is 5.24. The molecule has 0 aliphatic carbocycles. The van der Waals surface area contributed by atoms with Crippen molar-refractivity contribution >= 4 is 5.91 Å². The van der Waals surface area contributed by atoms with E-state index in [1.807, 2.05) is 24.3 Å². The van der Waals surface area contributed by atoms with Crippen molar-refractivity contribution in [3.63, 3.8) is 0 Å². The minimum absolute atomic E-state index is 0.104. The van der Waals surface area contributed by atoms with Crippen LogP contribution >= 0.6 is 0 Å². The molecule has 18 heavy (non-hydrogen) atoms. The second-order valence-electron chi connectivity index (χ2n) is 4.53. The van der Waals surface area contributed by atoms with Crippen LogP contribution in [0.15, 0.2) is 24.3 Å². The van der Waals surface area contributed by atoms with Gasteiger partial charge in [0.25, 0.3) is 0 Å². The fraction of sp³-hybridized carbons (Fsp3) is 0.500. The van der Waals surface area contributed by atoms with Crippen molar-refractivity contribution in [1.82, 2.24) is 10.2 Å². The highest BCUT2D eigenvalue weighted by Crippen LogP contribution is 2.16. The molecule has 1 N–H and O–H groups in total. The number of hydrogen-bond acceptors (Lipinski definition) is 3. The first-order valence-corrected chi connectivity index (χ1v) is 6.40. The molecule has 4 heteroatoms. The first-order chi connectivity index (χ1) is 8.79. The summed E-state index contributed by atoms with van der Waals surface area (Å²) >= 11 is 0. The van der Waals surface area contributed by atoms with E-state index in [1.165, 1.54) is 6.42 Å². The minimum Gasteiger partial charge on any atom is -0.496 e. The summed E-state index contributed by atoms with van der Waals surface area (Å²) in [5.41, 5.74) is 1.01. The van der Waals surface area contributed by atoms with Crippen LogP contribution in [-0.4, -0.2) is 37.6 Å². The molecule has 0 atom stereocenters. The second-order valence-corrected chi connectivity index (χ2v) is 4.53. The van der Waals surface area contributed by atoms with Gasteiger partial charge in [-0.1, -0.05) is 18.2 Å². The highest BCUT2D eigenvalue weighted by molar-refractivity contribution is 5.76. The van der Waals surface area contributed by atoms with Crippen LogP contribution in [0.4, 0.5) is 0 Å². The molecule has 0 aromatic heterocycles. The van der Waals surface area contributed by atoms with Gasteiger partial charge in [-0.25, -0.2) is 0 Å². The summed E-state index contributed by atoms with van der Waals surface area (Å²) in [5, 5.41) is 2.93. The Kier molecular flexibility index (Phi) is 4.59. The number of nitrogens with zero attached hydrogens (tertiary/aromatic N) is 1. The van der Waals surface area contributed by atoms with Gasteiger partial charge in [0, 0.05) is 25.1 Å². The maximum atomic E-state index is 11.7. The largest absolute Gasteiger partial charge is 0.496 e. The lowest BCUT2D eigenvalue weighted by molar-refractivity contribution is -0.121. The van der Waals surface area contributed by atoms with Crippen molar-refractivity contribution in [3.05, 3.63) is 29.8 Å². The van der Waals surface area contributed by atoms with E-state index in [0.29, 0.717) is 13.0 Å². The number of carbonyl (C=O) groups is 1. The topological polar surface area (TPSA) is 41.6 Å². The lowest BCUT2D eigenvalue weighted by Gasteiger charge is -2.30. The zero-order valence-electron chi connectivity index (χ0n) is 10.8. The Bertz CT molecular complexity index is 403. The predicted octanol–water partition coefficient (Wildman–Crippen LogP) is 1.41. The van der Waals surface area contributed by atoms with E-state index in [-0.39, 0.29) is 5.91 Å². The molecule has 1 heterocycles. The molecule has 0 spiro atoms. The van der Waals surface area contributed by atoms with Crippen molar-refractivity contribution in [2.24, 2.45) is 0 Å². The number of para-hydroxylation sites is 1. The van der Waals surface area contributed by atoms with Gasteiger partial charge in [0.1, 0.15) is 5.75 Å². The molecule has 1 amide bonds. The second kappa shape index (κ2) is 6.40. The van der Waals surface area contributed by atoms with Gasteiger partial charge in [0.15, 0.2) is 0 Å². The molecular weight excluding hydrogens is 228 g/mol. The van der Waals surface area contributed by atoms with Crippen LogP contribution in [0.5, 0.6) is 5.75 Å². The van der Waals surface area contributed by atoms with Crippen LogP contribution in [0.3, 0.4) is 0 Å². The molecule has 1 aromatic rings. The third-order valence-corrected chi connectivity index (χ3v) is 3.27. The summed E-state index contributed by atoms with van der Waals surface area (Å²) in [6.07, 6.45) is 1.85. The summed E-state index contributed by atoms with van der Waals surface area (Å²) in [7, 11) is 1.64. The zero-order valence-corrected chi connectivity index (χ0v) is 10.8. The molecule has 0 bridgehead atoms. The Morgan fingerprint density at radius 1 is 1.39 bits per heavy atom. The molecule has 1 fully saturated rings. The Labute approximate surface area is 108 Å². The van der Waals surface area contributed by atoms with E-state index in [9.17, 15) is 4.79 Å². The number of amides is 1. The van der Waals surface area contributed by atoms with Gasteiger partial charge in [-0.15, -0.1) is 0 Å². The Hall–Kier alpha value is -1.55. The standard InChI is InChI=1S/C14H20N2O2/c1-18-13-6-3-2-5-12(13)11-15-14(17)7-10-16-8-4-9-16/h2-3,5-6H,4,7-11H2,1H3,(H,15,17). The van der Waals surface area contributed by atoms with Gasteiger partial charge in [0.05, 0.1) is 7.11 Å². The monoisotopic (exact) mass is 248 g/mol. The normalized spacial score (nSPS) is 14.9. The number of carbonyl (C=O) groups excluding carboxylic acids is 1. The summed E-state index contributed by atoms with van der Waals surface area (Å²) in [6.45, 7) is 3.68. The average molecular weight is 248 g/mol. The fourth-order valence-corrected chi connectivity index (χ4v) is 2.00. The van der Waals surface area contributed by atoms with E-state index in [4.69, 9.17) is 4.74 Å². The predicted molar refractivity (Wildman–Crippen MR) is 70.5 cm³/mol. The Balaban J connectivity index is 1.74. The van der Waals surface area contributed by atoms with Crippen LogP contribution in [0.1, 0.15) is 18.4 Å². The molecule has 1 aliphatic heterocycles. The SMILES string of the molecule is COc1ccccc1CNC(=O)CCN1CCC1. The summed E-state index contributed by atoms with van der Waals surface area (Å²) in [6, 6.07) is 7.74. The molecule has 0 radical (unpaired) electrons. The first kappa shape index (κ1) is 12.9. The number of benzene rings is 1. The third-order valence-electron chi connectivity index (χ3n) is 3.27. The molecular formula is C14H20N2O2. The number of nitrogens with one attached hydrogen (secondary N) is 1. The quantitative estimate of drug-likeness (QED) is 0.827. The number of rotatable bonds is 6. The Morgan fingerprint density at radius 3 is 2.83 bits per heavy atom. The molecule has 98 valence electrons. The van der Waals surface area contributed by atoms with Crippen LogP contribution in [-0.2, 0) is 11.3 Å². The highest BCUT2D eigenvalue weighted by Gasteiger charge is 2.14. The van der Waals surface area contributed by atoms with Crippen molar-refractivity contribution < 1.29 is 9.53 Å². The van der Waals surface area contributed by atoms with Crippen molar-refractivity contribution in [3.8, 4) is 5.75 Å². The number of methoxy groups -OCH3 is 1. The van der Waals surface area contributed by atoms with Crippen LogP contribution in [0, 0.1) is 0 Å². The van der Waals surface area contributed by atoms with Crippen molar-refractivity contribution in [2.45, 2.75) is 19.4 Å². The van der Waals surface area contributed by atoms with Gasteiger partial charge in [-0.3, -0.25) is 4.79 Å². The van der Waals surface area contributed by atoms with Crippen molar-refractivity contribution in [2.75, 3.05) is 26.7 Å². The van der Waals surface area contributed by atoms with Gasteiger partial charge in [-0.05, 0) is 25.6 Å². The van der Waals surface area contributed by atoms with E-state index in [2.05, 4.69) is 10.2 Å². The average Bonchev–Trinajstić information content (AvgIpc) is 2.35. The molecule has 0 unspecified atom stereocenters. The smallest absolute Gasteiger partial charge is 0.221 e. The number of ether oxygens (including phenoxy) is 1. The molecule has 1 aliphatic rings. The maximum Gasteiger partial charge on any atom is 0.221 e. The molecule has 1 saturated heterocycles. The van der Waals surface area contributed by atoms with E-state index < -0.39 is 0 Å². The van der Waals surface area contributed by atoms with Crippen LogP contribution in [0.25, 0.3) is 0 Å². The van der Waals surface area contributed by atoms with Gasteiger partial charge in [-0.2, -0.15) is 0 Å². The Morgan fingerprint density at radius 2 is 2.17 bits per heavy atom. The van der Waals surface area contributed by atoms with Crippen molar-refractivity contribution in [1.29, 1.82) is 0 Å².